The van der Waals surface area contributed by atoms with Crippen LogP contribution in [0.5, 0.6) is 5.75 Å². The van der Waals surface area contributed by atoms with Crippen molar-refractivity contribution >= 4 is 11.0 Å². The molecule has 0 unspecified atom stereocenters. The molecule has 222 valence electrons. The summed E-state index contributed by atoms with van der Waals surface area (Å²) in [6.45, 7) is 7.82. The number of hydrogen-bond acceptors (Lipinski definition) is 7. The van der Waals surface area contributed by atoms with Gasteiger partial charge in [0.1, 0.15) is 11.6 Å². The Morgan fingerprint density at radius 3 is 2.51 bits per heavy atom. The smallest absolute Gasteiger partial charge is 0.159 e. The number of nitrogens with one attached hydrogen (secondary N) is 1. The Balaban J connectivity index is 0.955. The van der Waals surface area contributed by atoms with E-state index in [1.54, 1.807) is 7.11 Å². The minimum atomic E-state index is -0.00809. The van der Waals surface area contributed by atoms with Crippen molar-refractivity contribution < 1.29 is 14.2 Å². The summed E-state index contributed by atoms with van der Waals surface area (Å²) in [6, 6.07) is 25.1. The quantitative estimate of drug-likeness (QED) is 0.253. The fourth-order valence-corrected chi connectivity index (χ4v) is 6.00. The summed E-state index contributed by atoms with van der Waals surface area (Å²) < 4.78 is 18.6. The van der Waals surface area contributed by atoms with E-state index in [1.165, 1.54) is 5.56 Å². The topological polar surface area (TPSA) is 80.7 Å². The molecule has 4 heterocycles. The molecule has 1 N–H and O–H groups in total. The highest BCUT2D eigenvalue weighted by atomic mass is 16.7. The Labute approximate surface area is 252 Å². The highest BCUT2D eigenvalue weighted by Crippen LogP contribution is 2.25. The highest BCUT2D eigenvalue weighted by molar-refractivity contribution is 5.81. The lowest BCUT2D eigenvalue weighted by Gasteiger charge is -2.35. The van der Waals surface area contributed by atoms with E-state index in [9.17, 15) is 0 Å². The molecule has 0 atom stereocenters. The average molecular weight is 579 g/mol. The SMILES string of the molecule is COc1ccccc1Cc1nc2ccc(-c3ccn(-c4ccc(CN5CCN(CCC6OCCO6)CC5)cc4)n3)cc2[nH]1. The highest BCUT2D eigenvalue weighted by Gasteiger charge is 2.21. The molecule has 0 amide bonds. The van der Waals surface area contributed by atoms with Crippen molar-refractivity contribution in [3.8, 4) is 22.7 Å². The van der Waals surface area contributed by atoms with Gasteiger partial charge in [-0.2, -0.15) is 5.10 Å². The van der Waals surface area contributed by atoms with Crippen molar-refractivity contribution in [1.29, 1.82) is 0 Å². The predicted octanol–water partition coefficient (Wildman–Crippen LogP) is 4.90. The maximum absolute atomic E-state index is 5.58. The third-order valence-electron chi connectivity index (χ3n) is 8.41. The second-order valence-electron chi connectivity index (χ2n) is 11.3. The van der Waals surface area contributed by atoms with Gasteiger partial charge in [-0.3, -0.25) is 4.90 Å². The van der Waals surface area contributed by atoms with E-state index in [4.69, 9.17) is 24.3 Å². The van der Waals surface area contributed by atoms with Crippen molar-refractivity contribution in [1.82, 2.24) is 29.5 Å². The zero-order valence-corrected chi connectivity index (χ0v) is 24.6. The first-order valence-electron chi connectivity index (χ1n) is 15.1. The van der Waals surface area contributed by atoms with Crippen LogP contribution in [0.15, 0.2) is 79.0 Å². The zero-order chi connectivity index (χ0) is 29.0. The number of benzene rings is 3. The van der Waals surface area contributed by atoms with Gasteiger partial charge in [0.05, 0.1) is 42.7 Å². The largest absolute Gasteiger partial charge is 0.496 e. The predicted molar refractivity (Wildman–Crippen MR) is 166 cm³/mol. The number of H-pyrrole nitrogens is 1. The van der Waals surface area contributed by atoms with Crippen LogP contribution in [-0.4, -0.2) is 88.9 Å². The molecule has 9 heteroatoms. The van der Waals surface area contributed by atoms with Crippen LogP contribution in [0.2, 0.25) is 0 Å². The molecule has 2 fully saturated rings. The van der Waals surface area contributed by atoms with Crippen LogP contribution in [-0.2, 0) is 22.4 Å². The molecule has 0 bridgehead atoms. The Kier molecular flexibility index (Phi) is 8.20. The number of aromatic amines is 1. The summed E-state index contributed by atoms with van der Waals surface area (Å²) in [5.41, 5.74) is 7.41. The summed E-state index contributed by atoms with van der Waals surface area (Å²) >= 11 is 0. The molecule has 7 rings (SSSR count). The second-order valence-corrected chi connectivity index (χ2v) is 11.3. The summed E-state index contributed by atoms with van der Waals surface area (Å²) in [6.07, 6.45) is 3.66. The van der Waals surface area contributed by atoms with E-state index in [-0.39, 0.29) is 6.29 Å². The van der Waals surface area contributed by atoms with E-state index >= 15 is 0 Å². The Hall–Kier alpha value is -4.02. The van der Waals surface area contributed by atoms with E-state index in [2.05, 4.69) is 69.4 Å². The molecular weight excluding hydrogens is 540 g/mol. The molecule has 0 spiro atoms. The molecule has 2 aliphatic heterocycles. The van der Waals surface area contributed by atoms with Crippen LogP contribution >= 0.6 is 0 Å². The molecule has 5 aromatic rings. The van der Waals surface area contributed by atoms with Crippen molar-refractivity contribution in [3.05, 3.63) is 95.9 Å². The molecule has 0 aliphatic carbocycles. The molecule has 3 aromatic carbocycles. The Morgan fingerprint density at radius 1 is 0.907 bits per heavy atom. The monoisotopic (exact) mass is 578 g/mol. The van der Waals surface area contributed by atoms with Gasteiger partial charge in [-0.25, -0.2) is 9.67 Å². The minimum Gasteiger partial charge on any atom is -0.496 e. The molecule has 0 radical (unpaired) electrons. The Morgan fingerprint density at radius 2 is 1.70 bits per heavy atom. The lowest BCUT2D eigenvalue weighted by Crippen LogP contribution is -2.46. The van der Waals surface area contributed by atoms with E-state index in [0.29, 0.717) is 6.42 Å². The molecule has 0 saturated carbocycles. The average Bonchev–Trinajstić information content (AvgIpc) is 3.82. The minimum absolute atomic E-state index is 0.00809. The number of aromatic nitrogens is 4. The number of rotatable bonds is 10. The van der Waals surface area contributed by atoms with Crippen LogP contribution in [0, 0.1) is 0 Å². The van der Waals surface area contributed by atoms with Crippen molar-refractivity contribution in [2.45, 2.75) is 25.7 Å². The third kappa shape index (κ3) is 6.50. The van der Waals surface area contributed by atoms with Gasteiger partial charge in [-0.1, -0.05) is 36.4 Å². The molecule has 2 aromatic heterocycles. The second kappa shape index (κ2) is 12.7. The van der Waals surface area contributed by atoms with Crippen LogP contribution in [0.1, 0.15) is 23.4 Å². The summed E-state index contributed by atoms with van der Waals surface area (Å²) in [5, 5.41) is 4.89. The van der Waals surface area contributed by atoms with Gasteiger partial charge in [0, 0.05) is 69.4 Å². The van der Waals surface area contributed by atoms with Crippen LogP contribution in [0.4, 0.5) is 0 Å². The van der Waals surface area contributed by atoms with Gasteiger partial charge in [-0.15, -0.1) is 0 Å². The van der Waals surface area contributed by atoms with Crippen LogP contribution < -0.4 is 4.74 Å². The molecule has 43 heavy (non-hydrogen) atoms. The fourth-order valence-electron chi connectivity index (χ4n) is 6.00. The lowest BCUT2D eigenvalue weighted by atomic mass is 10.1. The molecule has 2 aliphatic rings. The normalized spacial score (nSPS) is 16.8. The number of ether oxygens (including phenoxy) is 3. The van der Waals surface area contributed by atoms with E-state index in [1.807, 2.05) is 29.1 Å². The van der Waals surface area contributed by atoms with E-state index < -0.39 is 0 Å². The number of hydrogen-bond donors (Lipinski definition) is 1. The summed E-state index contributed by atoms with van der Waals surface area (Å²) in [7, 11) is 1.70. The lowest BCUT2D eigenvalue weighted by molar-refractivity contribution is -0.0533. The Bertz CT molecular complexity index is 1650. The third-order valence-corrected chi connectivity index (χ3v) is 8.41. The summed E-state index contributed by atoms with van der Waals surface area (Å²) in [5.74, 6) is 1.78. The molecule has 9 nitrogen and oxygen atoms in total. The van der Waals surface area contributed by atoms with Gasteiger partial charge < -0.3 is 24.1 Å². The fraction of sp³-hybridized carbons (Fsp3) is 0.353. The molecule has 2 saturated heterocycles. The van der Waals surface area contributed by atoms with Crippen molar-refractivity contribution in [3.63, 3.8) is 0 Å². The maximum atomic E-state index is 5.58. The molecular formula is C34H38N6O3. The van der Waals surface area contributed by atoms with Gasteiger partial charge in [0.25, 0.3) is 0 Å². The van der Waals surface area contributed by atoms with Crippen molar-refractivity contribution in [2.75, 3.05) is 53.0 Å². The first-order chi connectivity index (χ1) is 21.2. The van der Waals surface area contributed by atoms with E-state index in [0.717, 1.165) is 104 Å². The standard InChI is InChI=1S/C34H38N6O3/c1-41-32-5-3-2-4-27(32)23-33-35-30-11-8-26(22-31(30)36-33)29-12-15-40(37-29)28-9-6-25(7-10-28)24-39-18-16-38(17-19-39)14-13-34-42-20-21-43-34/h2-12,15,22,34H,13-14,16-21,23-24H2,1H3,(H,35,36). The number of fused-ring (bicyclic) bond motifs is 1. The van der Waals surface area contributed by atoms with Crippen LogP contribution in [0.3, 0.4) is 0 Å². The van der Waals surface area contributed by atoms with Gasteiger partial charge >= 0.3 is 0 Å². The number of nitrogens with zero attached hydrogens (tertiary/aromatic N) is 5. The first-order valence-corrected chi connectivity index (χ1v) is 15.1. The summed E-state index contributed by atoms with van der Waals surface area (Å²) in [4.78, 5) is 13.3. The van der Waals surface area contributed by atoms with Gasteiger partial charge in [0.15, 0.2) is 6.29 Å². The number of methoxy groups -OCH3 is 1. The van der Waals surface area contributed by atoms with Gasteiger partial charge in [-0.05, 0) is 42.0 Å². The van der Waals surface area contributed by atoms with Gasteiger partial charge in [0.2, 0.25) is 0 Å². The number of piperazine rings is 1. The van der Waals surface area contributed by atoms with Crippen LogP contribution in [0.25, 0.3) is 28.0 Å². The number of imidazole rings is 1. The first kappa shape index (κ1) is 27.8. The number of para-hydroxylation sites is 1. The maximum Gasteiger partial charge on any atom is 0.159 e. The van der Waals surface area contributed by atoms with Crippen molar-refractivity contribution in [2.24, 2.45) is 0 Å². The zero-order valence-electron chi connectivity index (χ0n) is 24.6.